The monoisotopic (exact) mass is 291 g/mol. The average Bonchev–Trinajstić information content (AvgIpc) is 2.24. The Morgan fingerprint density at radius 2 is 2.28 bits per heavy atom. The van der Waals surface area contributed by atoms with Gasteiger partial charge >= 0.3 is 0 Å². The molecule has 0 bridgehead atoms. The van der Waals surface area contributed by atoms with Crippen molar-refractivity contribution < 1.29 is 8.95 Å². The van der Waals surface area contributed by atoms with Crippen molar-refractivity contribution in [2.45, 2.75) is 26.5 Å². The van der Waals surface area contributed by atoms with E-state index in [2.05, 4.69) is 15.3 Å². The van der Waals surface area contributed by atoms with Crippen LogP contribution in [0.5, 0.6) is 0 Å². The molecule has 5 nitrogen and oxygen atoms in total. The lowest BCUT2D eigenvalue weighted by molar-refractivity contribution is 0.128. The van der Waals surface area contributed by atoms with Crippen molar-refractivity contribution in [3.05, 3.63) is 17.0 Å². The van der Waals surface area contributed by atoms with Crippen LogP contribution < -0.4 is 5.32 Å². The standard InChI is InChI=1S/C11H18ClN3O2S/c1-4-17-6-11-14-9(12)5-10(15-11)13-8(2)7-18(3)16/h5,8H,4,6-7H2,1-3H3,(H,13,14,15). The third-order valence-corrected chi connectivity index (χ3v) is 3.22. The second-order valence-electron chi connectivity index (χ2n) is 3.91. The van der Waals surface area contributed by atoms with Gasteiger partial charge in [0.15, 0.2) is 5.82 Å². The molecule has 1 N–H and O–H groups in total. The molecule has 0 spiro atoms. The van der Waals surface area contributed by atoms with Crippen molar-refractivity contribution in [2.75, 3.05) is 23.9 Å². The summed E-state index contributed by atoms with van der Waals surface area (Å²) in [5.41, 5.74) is 0. The lowest BCUT2D eigenvalue weighted by Gasteiger charge is -2.13. The van der Waals surface area contributed by atoms with Gasteiger partial charge < -0.3 is 10.1 Å². The van der Waals surface area contributed by atoms with Gasteiger partial charge in [-0.15, -0.1) is 0 Å². The third kappa shape index (κ3) is 5.75. The molecule has 0 saturated heterocycles. The zero-order valence-electron chi connectivity index (χ0n) is 10.8. The van der Waals surface area contributed by atoms with Crippen molar-refractivity contribution in [3.63, 3.8) is 0 Å². The number of nitrogens with zero attached hydrogens (tertiary/aromatic N) is 2. The minimum Gasteiger partial charge on any atom is -0.374 e. The molecule has 1 aromatic rings. The first kappa shape index (κ1) is 15.3. The summed E-state index contributed by atoms with van der Waals surface area (Å²) in [6.45, 7) is 4.78. The van der Waals surface area contributed by atoms with Gasteiger partial charge in [-0.05, 0) is 13.8 Å². The molecule has 1 heterocycles. The summed E-state index contributed by atoms with van der Waals surface area (Å²) >= 11 is 5.91. The van der Waals surface area contributed by atoms with Crippen LogP contribution in [-0.4, -0.2) is 38.8 Å². The van der Waals surface area contributed by atoms with Crippen LogP contribution in [0.4, 0.5) is 5.82 Å². The lowest BCUT2D eigenvalue weighted by Crippen LogP contribution is -2.23. The van der Waals surface area contributed by atoms with Crippen molar-refractivity contribution in [1.29, 1.82) is 0 Å². The lowest BCUT2D eigenvalue weighted by atomic mass is 10.4. The van der Waals surface area contributed by atoms with E-state index in [0.29, 0.717) is 35.8 Å². The summed E-state index contributed by atoms with van der Waals surface area (Å²) < 4.78 is 16.4. The average molecular weight is 292 g/mol. The van der Waals surface area contributed by atoms with Gasteiger partial charge in [-0.1, -0.05) is 11.6 Å². The minimum absolute atomic E-state index is 0.0572. The van der Waals surface area contributed by atoms with Gasteiger partial charge in [0.05, 0.1) is 0 Å². The van der Waals surface area contributed by atoms with Gasteiger partial charge in [-0.25, -0.2) is 9.97 Å². The van der Waals surface area contributed by atoms with Crippen LogP contribution in [0.1, 0.15) is 19.7 Å². The van der Waals surface area contributed by atoms with Crippen molar-refractivity contribution in [2.24, 2.45) is 0 Å². The van der Waals surface area contributed by atoms with E-state index in [4.69, 9.17) is 16.3 Å². The molecule has 1 rings (SSSR count). The number of nitrogens with one attached hydrogen (secondary N) is 1. The van der Waals surface area contributed by atoms with Crippen LogP contribution in [0.3, 0.4) is 0 Å². The molecule has 1 aromatic heterocycles. The molecular weight excluding hydrogens is 274 g/mol. The molecule has 0 aliphatic heterocycles. The Morgan fingerprint density at radius 3 is 2.89 bits per heavy atom. The Morgan fingerprint density at radius 1 is 1.56 bits per heavy atom. The maximum atomic E-state index is 11.1. The number of anilines is 1. The van der Waals surface area contributed by atoms with Gasteiger partial charge in [0.2, 0.25) is 0 Å². The molecular formula is C11H18ClN3O2S. The van der Waals surface area contributed by atoms with E-state index < -0.39 is 10.8 Å². The van der Waals surface area contributed by atoms with Crippen LogP contribution in [0.2, 0.25) is 5.15 Å². The van der Waals surface area contributed by atoms with E-state index in [-0.39, 0.29) is 6.04 Å². The number of aromatic nitrogens is 2. The summed E-state index contributed by atoms with van der Waals surface area (Å²) in [4.78, 5) is 8.36. The summed E-state index contributed by atoms with van der Waals surface area (Å²) in [6.07, 6.45) is 1.67. The van der Waals surface area contributed by atoms with Gasteiger partial charge in [0, 0.05) is 41.5 Å². The number of rotatable bonds is 7. The minimum atomic E-state index is -0.848. The smallest absolute Gasteiger partial charge is 0.158 e. The molecule has 7 heteroatoms. The number of ether oxygens (including phenoxy) is 1. The summed E-state index contributed by atoms with van der Waals surface area (Å²) in [5, 5.41) is 3.51. The maximum absolute atomic E-state index is 11.1. The van der Waals surface area contributed by atoms with Gasteiger partial charge in [0.1, 0.15) is 17.6 Å². The predicted octanol–water partition coefficient (Wildman–Crippen LogP) is 1.85. The van der Waals surface area contributed by atoms with Crippen LogP contribution in [0, 0.1) is 0 Å². The van der Waals surface area contributed by atoms with Crippen molar-refractivity contribution >= 4 is 28.2 Å². The topological polar surface area (TPSA) is 64.1 Å². The van der Waals surface area contributed by atoms with E-state index in [1.54, 1.807) is 12.3 Å². The fraction of sp³-hybridized carbons (Fsp3) is 0.636. The largest absolute Gasteiger partial charge is 0.374 e. The van der Waals surface area contributed by atoms with Gasteiger partial charge in [-0.3, -0.25) is 4.21 Å². The zero-order chi connectivity index (χ0) is 13.5. The zero-order valence-corrected chi connectivity index (χ0v) is 12.3. The first-order valence-electron chi connectivity index (χ1n) is 5.69. The highest BCUT2D eigenvalue weighted by Crippen LogP contribution is 2.13. The molecule has 0 saturated carbocycles. The first-order chi connectivity index (χ1) is 8.51. The Labute approximate surface area is 115 Å². The summed E-state index contributed by atoms with van der Waals surface area (Å²) in [7, 11) is -0.848. The fourth-order valence-corrected chi connectivity index (χ4v) is 2.43. The molecule has 2 unspecified atom stereocenters. The number of hydrogen-bond donors (Lipinski definition) is 1. The van der Waals surface area contributed by atoms with Gasteiger partial charge in [0.25, 0.3) is 0 Å². The van der Waals surface area contributed by atoms with E-state index in [1.807, 2.05) is 13.8 Å². The van der Waals surface area contributed by atoms with E-state index >= 15 is 0 Å². The summed E-state index contributed by atoms with van der Waals surface area (Å²) in [6, 6.07) is 1.70. The molecule has 102 valence electrons. The van der Waals surface area contributed by atoms with Crippen molar-refractivity contribution in [1.82, 2.24) is 9.97 Å². The van der Waals surface area contributed by atoms with Crippen LogP contribution in [0.15, 0.2) is 6.07 Å². The summed E-state index contributed by atoms with van der Waals surface area (Å²) in [5.74, 6) is 1.72. The maximum Gasteiger partial charge on any atom is 0.158 e. The normalized spacial score (nSPS) is 14.2. The Bertz CT molecular complexity index is 417. The highest BCUT2D eigenvalue weighted by Gasteiger charge is 2.08. The van der Waals surface area contributed by atoms with Gasteiger partial charge in [-0.2, -0.15) is 0 Å². The molecule has 0 amide bonds. The third-order valence-electron chi connectivity index (χ3n) is 2.06. The Balaban J connectivity index is 2.69. The van der Waals surface area contributed by atoms with Crippen molar-refractivity contribution in [3.8, 4) is 0 Å². The Hall–Kier alpha value is -0.720. The number of hydrogen-bond acceptors (Lipinski definition) is 5. The quantitative estimate of drug-likeness (QED) is 0.777. The van der Waals surface area contributed by atoms with E-state index in [1.165, 1.54) is 0 Å². The fourth-order valence-electron chi connectivity index (χ4n) is 1.44. The predicted molar refractivity (Wildman–Crippen MR) is 74.4 cm³/mol. The van der Waals surface area contributed by atoms with Crippen LogP contribution in [0.25, 0.3) is 0 Å². The van der Waals surface area contributed by atoms with E-state index in [9.17, 15) is 4.21 Å². The molecule has 0 aliphatic carbocycles. The molecule has 0 radical (unpaired) electrons. The molecule has 0 aromatic carbocycles. The van der Waals surface area contributed by atoms with Crippen LogP contribution >= 0.6 is 11.6 Å². The van der Waals surface area contributed by atoms with E-state index in [0.717, 1.165) is 0 Å². The molecule has 18 heavy (non-hydrogen) atoms. The second-order valence-corrected chi connectivity index (χ2v) is 5.78. The highest BCUT2D eigenvalue weighted by atomic mass is 35.5. The molecule has 0 aliphatic rings. The van der Waals surface area contributed by atoms with Crippen LogP contribution in [-0.2, 0) is 22.1 Å². The molecule has 0 fully saturated rings. The first-order valence-corrected chi connectivity index (χ1v) is 7.79. The molecule has 2 atom stereocenters. The number of halogens is 1. The highest BCUT2D eigenvalue weighted by molar-refractivity contribution is 7.84. The SMILES string of the molecule is CCOCc1nc(Cl)cc(NC(C)CS(C)=O)n1. The second kappa shape index (κ2) is 7.66. The Kier molecular flexibility index (Phi) is 6.52.